The summed E-state index contributed by atoms with van der Waals surface area (Å²) in [5.74, 6) is 1.04. The van der Waals surface area contributed by atoms with Gasteiger partial charge in [-0.2, -0.15) is 0 Å². The van der Waals surface area contributed by atoms with Crippen LogP contribution in [0.2, 0.25) is 0 Å². The van der Waals surface area contributed by atoms with E-state index in [1.165, 1.54) is 31.2 Å². The van der Waals surface area contributed by atoms with Gasteiger partial charge in [0.2, 0.25) is 5.91 Å². The van der Waals surface area contributed by atoms with Crippen molar-refractivity contribution in [2.24, 2.45) is 0 Å². The summed E-state index contributed by atoms with van der Waals surface area (Å²) >= 11 is 0. The second-order valence-corrected chi connectivity index (χ2v) is 8.21. The molecule has 0 spiro atoms. The zero-order valence-corrected chi connectivity index (χ0v) is 16.6. The smallest absolute Gasteiger partial charge is 0.220 e. The summed E-state index contributed by atoms with van der Waals surface area (Å²) < 4.78 is 5.70. The minimum absolute atomic E-state index is 0.0928. The van der Waals surface area contributed by atoms with E-state index in [4.69, 9.17) is 4.42 Å². The van der Waals surface area contributed by atoms with Gasteiger partial charge in [-0.3, -0.25) is 9.69 Å². The molecular weight excluding hydrogens is 336 g/mol. The van der Waals surface area contributed by atoms with Crippen molar-refractivity contribution in [2.75, 3.05) is 19.6 Å². The van der Waals surface area contributed by atoms with Crippen LogP contribution < -0.4 is 5.32 Å². The molecule has 2 heterocycles. The van der Waals surface area contributed by atoms with Crippen molar-refractivity contribution in [2.45, 2.75) is 57.4 Å². The predicted molar refractivity (Wildman–Crippen MR) is 109 cm³/mol. The first-order valence-electron chi connectivity index (χ1n) is 10.2. The maximum absolute atomic E-state index is 12.7. The normalized spacial score (nSPS) is 17.3. The molecule has 0 bridgehead atoms. The second kappa shape index (κ2) is 9.23. The molecule has 2 aromatic rings. The van der Waals surface area contributed by atoms with Crippen LogP contribution in [0.3, 0.4) is 0 Å². The average molecular weight is 369 g/mol. The van der Waals surface area contributed by atoms with Crippen LogP contribution in [-0.4, -0.2) is 30.4 Å². The van der Waals surface area contributed by atoms with Crippen molar-refractivity contribution >= 4 is 5.91 Å². The SMILES string of the molecule is CC(C)(CC(=O)NCC(c1ccco1)N1CCCCCC1)c1ccccc1. The van der Waals surface area contributed by atoms with E-state index in [2.05, 4.69) is 36.2 Å². The number of benzene rings is 1. The fourth-order valence-corrected chi connectivity index (χ4v) is 3.96. The molecule has 1 aliphatic heterocycles. The Kier molecular flexibility index (Phi) is 6.73. The lowest BCUT2D eigenvalue weighted by Crippen LogP contribution is -2.40. The van der Waals surface area contributed by atoms with Crippen LogP contribution in [0.5, 0.6) is 0 Å². The molecule has 1 fully saturated rings. The Morgan fingerprint density at radius 1 is 1.07 bits per heavy atom. The lowest BCUT2D eigenvalue weighted by Gasteiger charge is -2.30. The van der Waals surface area contributed by atoms with E-state index < -0.39 is 0 Å². The van der Waals surface area contributed by atoms with Gasteiger partial charge in [0.25, 0.3) is 0 Å². The molecule has 0 radical (unpaired) electrons. The van der Waals surface area contributed by atoms with Crippen LogP contribution in [0, 0.1) is 0 Å². The van der Waals surface area contributed by atoms with Crippen molar-refractivity contribution in [3.63, 3.8) is 0 Å². The first kappa shape index (κ1) is 19.7. The highest BCUT2D eigenvalue weighted by Crippen LogP contribution is 2.27. The number of nitrogens with one attached hydrogen (secondary N) is 1. The topological polar surface area (TPSA) is 45.5 Å². The summed E-state index contributed by atoms with van der Waals surface area (Å²) in [6, 6.07) is 14.3. The molecule has 1 aliphatic rings. The van der Waals surface area contributed by atoms with Gasteiger partial charge >= 0.3 is 0 Å². The first-order valence-corrected chi connectivity index (χ1v) is 10.2. The molecule has 1 atom stereocenters. The van der Waals surface area contributed by atoms with Crippen molar-refractivity contribution < 1.29 is 9.21 Å². The van der Waals surface area contributed by atoms with E-state index in [1.807, 2.05) is 30.3 Å². The molecule has 146 valence electrons. The molecule has 1 N–H and O–H groups in total. The molecule has 1 amide bonds. The number of hydrogen-bond donors (Lipinski definition) is 1. The molecule has 1 aromatic carbocycles. The number of amides is 1. The zero-order valence-electron chi connectivity index (χ0n) is 16.6. The lowest BCUT2D eigenvalue weighted by atomic mass is 9.81. The quantitative estimate of drug-likeness (QED) is 0.772. The molecule has 27 heavy (non-hydrogen) atoms. The van der Waals surface area contributed by atoms with Gasteiger partial charge in [-0.25, -0.2) is 0 Å². The largest absolute Gasteiger partial charge is 0.468 e. The Bertz CT molecular complexity index is 686. The highest BCUT2D eigenvalue weighted by atomic mass is 16.3. The van der Waals surface area contributed by atoms with Gasteiger partial charge in [0.15, 0.2) is 0 Å². The zero-order chi connectivity index (χ0) is 19.1. The monoisotopic (exact) mass is 368 g/mol. The Morgan fingerprint density at radius 2 is 1.78 bits per heavy atom. The van der Waals surface area contributed by atoms with Crippen molar-refractivity contribution in [3.8, 4) is 0 Å². The Balaban J connectivity index is 1.62. The van der Waals surface area contributed by atoms with E-state index in [0.29, 0.717) is 13.0 Å². The van der Waals surface area contributed by atoms with Gasteiger partial charge in [-0.05, 0) is 49.0 Å². The van der Waals surface area contributed by atoms with Crippen molar-refractivity contribution in [1.82, 2.24) is 10.2 Å². The van der Waals surface area contributed by atoms with Crippen molar-refractivity contribution in [1.29, 1.82) is 0 Å². The third kappa shape index (κ3) is 5.46. The number of hydrogen-bond acceptors (Lipinski definition) is 3. The number of furan rings is 1. The summed E-state index contributed by atoms with van der Waals surface area (Å²) in [5, 5.41) is 3.17. The van der Waals surface area contributed by atoms with Crippen LogP contribution in [0.25, 0.3) is 0 Å². The summed E-state index contributed by atoms with van der Waals surface area (Å²) in [7, 11) is 0. The Hall–Kier alpha value is -2.07. The van der Waals surface area contributed by atoms with Crippen LogP contribution in [0.15, 0.2) is 53.1 Å². The molecule has 4 nitrogen and oxygen atoms in total. The number of carbonyl (C=O) groups excluding carboxylic acids is 1. The fraction of sp³-hybridized carbons (Fsp3) is 0.522. The van der Waals surface area contributed by atoms with Gasteiger partial charge < -0.3 is 9.73 Å². The van der Waals surface area contributed by atoms with Gasteiger partial charge in [0.1, 0.15) is 5.76 Å². The second-order valence-electron chi connectivity index (χ2n) is 8.21. The third-order valence-corrected chi connectivity index (χ3v) is 5.60. The van der Waals surface area contributed by atoms with Crippen LogP contribution in [-0.2, 0) is 10.2 Å². The molecule has 1 saturated heterocycles. The fourth-order valence-electron chi connectivity index (χ4n) is 3.96. The summed E-state index contributed by atoms with van der Waals surface area (Å²) in [5.41, 5.74) is 1.00. The molecule has 0 saturated carbocycles. The van der Waals surface area contributed by atoms with Gasteiger partial charge in [0.05, 0.1) is 12.3 Å². The maximum Gasteiger partial charge on any atom is 0.220 e. The van der Waals surface area contributed by atoms with Gasteiger partial charge in [0, 0.05) is 13.0 Å². The molecule has 4 heteroatoms. The van der Waals surface area contributed by atoms with E-state index in [-0.39, 0.29) is 17.4 Å². The van der Waals surface area contributed by atoms with Crippen LogP contribution >= 0.6 is 0 Å². The number of rotatable bonds is 7. The number of nitrogens with zero attached hydrogens (tertiary/aromatic N) is 1. The number of carbonyl (C=O) groups is 1. The highest BCUT2D eigenvalue weighted by Gasteiger charge is 2.27. The third-order valence-electron chi connectivity index (χ3n) is 5.60. The van der Waals surface area contributed by atoms with Crippen molar-refractivity contribution in [3.05, 3.63) is 60.1 Å². The van der Waals surface area contributed by atoms with Crippen LogP contribution in [0.1, 0.15) is 63.3 Å². The molecular formula is C23H32N2O2. The van der Waals surface area contributed by atoms with E-state index in [0.717, 1.165) is 18.8 Å². The summed E-state index contributed by atoms with van der Waals surface area (Å²) in [6.07, 6.45) is 7.21. The van der Waals surface area contributed by atoms with E-state index in [9.17, 15) is 4.79 Å². The van der Waals surface area contributed by atoms with Crippen LogP contribution in [0.4, 0.5) is 0 Å². The minimum atomic E-state index is -0.186. The highest BCUT2D eigenvalue weighted by molar-refractivity contribution is 5.77. The number of likely N-dealkylation sites (tertiary alicyclic amines) is 1. The molecule has 1 unspecified atom stereocenters. The van der Waals surface area contributed by atoms with Gasteiger partial charge in [-0.1, -0.05) is 57.0 Å². The summed E-state index contributed by atoms with van der Waals surface area (Å²) in [4.78, 5) is 15.2. The van der Waals surface area contributed by atoms with E-state index in [1.54, 1.807) is 6.26 Å². The average Bonchev–Trinajstić information content (AvgIpc) is 3.05. The summed E-state index contributed by atoms with van der Waals surface area (Å²) in [6.45, 7) is 6.98. The molecule has 3 rings (SSSR count). The minimum Gasteiger partial charge on any atom is -0.468 e. The predicted octanol–water partition coefficient (Wildman–Crippen LogP) is 4.68. The maximum atomic E-state index is 12.7. The Morgan fingerprint density at radius 3 is 2.41 bits per heavy atom. The molecule has 1 aromatic heterocycles. The standard InChI is InChI=1S/C23H32N2O2/c1-23(2,19-11-6-5-7-12-19)17-22(26)24-18-20(21-13-10-16-27-21)25-14-8-3-4-9-15-25/h5-7,10-13,16,20H,3-4,8-9,14-15,17-18H2,1-2H3,(H,24,26). The Labute approximate surface area is 162 Å². The lowest BCUT2D eigenvalue weighted by molar-refractivity contribution is -0.122. The molecule has 0 aliphatic carbocycles. The van der Waals surface area contributed by atoms with E-state index >= 15 is 0 Å². The first-order chi connectivity index (χ1) is 13.1. The van der Waals surface area contributed by atoms with Gasteiger partial charge in [-0.15, -0.1) is 0 Å².